The van der Waals surface area contributed by atoms with Crippen LogP contribution in [0.3, 0.4) is 0 Å². The maximum atomic E-state index is 11.0. The topological polar surface area (TPSA) is 92.7 Å². The first-order valence-corrected chi connectivity index (χ1v) is 10.9. The highest BCUT2D eigenvalue weighted by Gasteiger charge is 2.04. The van der Waals surface area contributed by atoms with Crippen LogP contribution < -0.4 is 10.6 Å². The normalized spacial score (nSPS) is 11.9. The van der Waals surface area contributed by atoms with Crippen molar-refractivity contribution < 1.29 is 13.2 Å². The van der Waals surface area contributed by atoms with Crippen LogP contribution in [-0.2, 0) is 21.0 Å². The van der Waals surface area contributed by atoms with Crippen molar-refractivity contribution in [1.29, 1.82) is 0 Å². The number of halogens is 1. The van der Waals surface area contributed by atoms with Gasteiger partial charge in [-0.05, 0) is 20.8 Å². The molecular weight excluding hydrogens is 475 g/mol. The molecule has 0 aliphatic rings. The third-order valence-corrected chi connectivity index (χ3v) is 5.19. The average molecular weight is 504 g/mol. The van der Waals surface area contributed by atoms with Crippen LogP contribution in [0.1, 0.15) is 22.5 Å². The highest BCUT2D eigenvalue weighted by atomic mass is 127. The van der Waals surface area contributed by atoms with E-state index < -0.39 is 9.84 Å². The van der Waals surface area contributed by atoms with E-state index in [1.807, 2.05) is 13.8 Å². The Kier molecular flexibility index (Phi) is 12.6. The van der Waals surface area contributed by atoms with Gasteiger partial charge in [0.05, 0.1) is 36.2 Å². The Bertz CT molecular complexity index is 613. The van der Waals surface area contributed by atoms with Crippen molar-refractivity contribution >= 4 is 51.1 Å². The molecule has 0 aliphatic carbocycles. The molecule has 7 nitrogen and oxygen atoms in total. The number of aromatic nitrogens is 1. The highest BCUT2D eigenvalue weighted by molar-refractivity contribution is 14.0. The smallest absolute Gasteiger partial charge is 0.191 e. The molecule has 1 aromatic rings. The van der Waals surface area contributed by atoms with Gasteiger partial charge in [0.1, 0.15) is 9.84 Å². The summed E-state index contributed by atoms with van der Waals surface area (Å²) in [5.41, 5.74) is 1.10. The molecule has 0 unspecified atom stereocenters. The van der Waals surface area contributed by atoms with E-state index in [1.165, 1.54) is 11.1 Å². The number of rotatable bonds is 10. The van der Waals surface area contributed by atoms with Crippen molar-refractivity contribution in [3.8, 4) is 0 Å². The van der Waals surface area contributed by atoms with Crippen LogP contribution in [0.4, 0.5) is 0 Å². The summed E-state index contributed by atoms with van der Waals surface area (Å²) in [4.78, 5) is 10.2. The second-order valence-corrected chi connectivity index (χ2v) is 8.98. The van der Waals surface area contributed by atoms with Crippen LogP contribution in [0.25, 0.3) is 0 Å². The third kappa shape index (κ3) is 11.7. The fourth-order valence-electron chi connectivity index (χ4n) is 1.81. The van der Waals surface area contributed by atoms with E-state index in [4.69, 9.17) is 4.74 Å². The molecule has 0 amide bonds. The summed E-state index contributed by atoms with van der Waals surface area (Å²) >= 11 is 1.73. The van der Waals surface area contributed by atoms with Gasteiger partial charge < -0.3 is 15.4 Å². The first kappa shape index (κ1) is 24.5. The van der Waals surface area contributed by atoms with Crippen LogP contribution in [0.2, 0.25) is 0 Å². The standard InChI is InChI=1S/C15H28N4O3S2.HI/c1-5-16-15(18-8-9-22-10-11-24(4,20)21)17-7-6-14-19-12(2)13(3)23-14;/h5-11H2,1-4H3,(H2,16,17,18);1H. The second kappa shape index (κ2) is 12.8. The highest BCUT2D eigenvalue weighted by Crippen LogP contribution is 2.16. The molecule has 0 atom stereocenters. The van der Waals surface area contributed by atoms with E-state index in [-0.39, 0.29) is 36.3 Å². The first-order chi connectivity index (χ1) is 11.3. The van der Waals surface area contributed by atoms with Crippen molar-refractivity contribution in [2.24, 2.45) is 4.99 Å². The quantitative estimate of drug-likeness (QED) is 0.217. The summed E-state index contributed by atoms with van der Waals surface area (Å²) in [5.74, 6) is 0.774. The SMILES string of the molecule is CCNC(=NCCOCCS(C)(=O)=O)NCCc1nc(C)c(C)s1.I. The van der Waals surface area contributed by atoms with E-state index in [1.54, 1.807) is 11.3 Å². The van der Waals surface area contributed by atoms with Crippen molar-refractivity contribution in [1.82, 2.24) is 15.6 Å². The largest absolute Gasteiger partial charge is 0.378 e. The van der Waals surface area contributed by atoms with Crippen LogP contribution in [0, 0.1) is 13.8 Å². The van der Waals surface area contributed by atoms with Crippen LogP contribution >= 0.6 is 35.3 Å². The summed E-state index contributed by atoms with van der Waals surface area (Å²) in [6.45, 7) is 8.74. The van der Waals surface area contributed by atoms with Gasteiger partial charge in [0.15, 0.2) is 5.96 Å². The molecule has 1 aromatic heterocycles. The molecule has 0 fully saturated rings. The summed E-state index contributed by atoms with van der Waals surface area (Å²) in [7, 11) is -2.97. The lowest BCUT2D eigenvalue weighted by atomic mass is 10.4. The first-order valence-electron chi connectivity index (χ1n) is 8.02. The fraction of sp³-hybridized carbons (Fsp3) is 0.733. The van der Waals surface area contributed by atoms with Gasteiger partial charge in [-0.2, -0.15) is 0 Å². The van der Waals surface area contributed by atoms with Gasteiger partial charge in [0, 0.05) is 30.6 Å². The zero-order valence-electron chi connectivity index (χ0n) is 15.3. The van der Waals surface area contributed by atoms with Crippen LogP contribution in [0.5, 0.6) is 0 Å². The number of aryl methyl sites for hydroxylation is 2. The molecule has 0 saturated heterocycles. The number of sulfone groups is 1. The summed E-state index contributed by atoms with van der Waals surface area (Å²) in [6.07, 6.45) is 2.06. The maximum Gasteiger partial charge on any atom is 0.191 e. The molecule has 25 heavy (non-hydrogen) atoms. The Hall–Kier alpha value is -0.460. The van der Waals surface area contributed by atoms with Gasteiger partial charge in [-0.15, -0.1) is 35.3 Å². The molecule has 146 valence electrons. The lowest BCUT2D eigenvalue weighted by Crippen LogP contribution is -2.38. The minimum Gasteiger partial charge on any atom is -0.378 e. The Morgan fingerprint density at radius 1 is 1.28 bits per heavy atom. The number of guanidine groups is 1. The monoisotopic (exact) mass is 504 g/mol. The molecule has 0 aromatic carbocycles. The minimum absolute atomic E-state index is 0. The van der Waals surface area contributed by atoms with Gasteiger partial charge in [0.25, 0.3) is 0 Å². The lowest BCUT2D eigenvalue weighted by Gasteiger charge is -2.10. The number of nitrogens with one attached hydrogen (secondary N) is 2. The number of aliphatic imine (C=N–C) groups is 1. The van der Waals surface area contributed by atoms with E-state index in [9.17, 15) is 8.42 Å². The lowest BCUT2D eigenvalue weighted by molar-refractivity contribution is 0.157. The minimum atomic E-state index is -2.97. The average Bonchev–Trinajstić information content (AvgIpc) is 2.80. The van der Waals surface area contributed by atoms with Crippen molar-refractivity contribution in [2.45, 2.75) is 27.2 Å². The van der Waals surface area contributed by atoms with Gasteiger partial charge in [-0.25, -0.2) is 13.4 Å². The molecule has 10 heteroatoms. The molecule has 0 spiro atoms. The molecule has 1 heterocycles. The van der Waals surface area contributed by atoms with Crippen molar-refractivity contribution in [3.05, 3.63) is 15.6 Å². The Balaban J connectivity index is 0.00000576. The number of thiazole rings is 1. The van der Waals surface area contributed by atoms with Crippen molar-refractivity contribution in [2.75, 3.05) is 44.9 Å². The van der Waals surface area contributed by atoms with Crippen molar-refractivity contribution in [3.63, 3.8) is 0 Å². The zero-order valence-corrected chi connectivity index (χ0v) is 19.3. The van der Waals surface area contributed by atoms with E-state index in [2.05, 4.69) is 27.5 Å². The Morgan fingerprint density at radius 3 is 2.56 bits per heavy atom. The third-order valence-electron chi connectivity index (χ3n) is 3.15. The Morgan fingerprint density at radius 2 is 2.00 bits per heavy atom. The molecule has 0 radical (unpaired) electrons. The van der Waals surface area contributed by atoms with Gasteiger partial charge >= 0.3 is 0 Å². The predicted molar refractivity (Wildman–Crippen MR) is 115 cm³/mol. The van der Waals surface area contributed by atoms with Gasteiger partial charge in [0.2, 0.25) is 0 Å². The molecule has 2 N–H and O–H groups in total. The zero-order chi connectivity index (χ0) is 18.0. The molecule has 0 bridgehead atoms. The number of nitrogens with zero attached hydrogens (tertiary/aromatic N) is 2. The number of hydrogen-bond acceptors (Lipinski definition) is 6. The van der Waals surface area contributed by atoms with E-state index in [0.29, 0.717) is 13.2 Å². The summed E-state index contributed by atoms with van der Waals surface area (Å²) in [6, 6.07) is 0. The molecular formula is C15H29IN4O3S2. The maximum absolute atomic E-state index is 11.0. The van der Waals surface area contributed by atoms with Crippen LogP contribution in [0.15, 0.2) is 4.99 Å². The number of ether oxygens (including phenoxy) is 1. The number of hydrogen-bond donors (Lipinski definition) is 2. The summed E-state index contributed by atoms with van der Waals surface area (Å²) in [5, 5.41) is 7.56. The van der Waals surface area contributed by atoms with Gasteiger partial charge in [-0.3, -0.25) is 4.99 Å². The predicted octanol–water partition coefficient (Wildman–Crippen LogP) is 1.54. The van der Waals surface area contributed by atoms with E-state index in [0.717, 1.165) is 36.2 Å². The molecule has 0 aliphatic heterocycles. The molecule has 0 saturated carbocycles. The summed E-state index contributed by atoms with van der Waals surface area (Å²) < 4.78 is 27.2. The Labute approximate surface area is 172 Å². The van der Waals surface area contributed by atoms with Crippen LogP contribution in [-0.4, -0.2) is 64.2 Å². The van der Waals surface area contributed by atoms with E-state index >= 15 is 0 Å². The fourth-order valence-corrected chi connectivity index (χ4v) is 3.16. The van der Waals surface area contributed by atoms with Gasteiger partial charge in [-0.1, -0.05) is 0 Å². The second-order valence-electron chi connectivity index (χ2n) is 5.43. The molecule has 1 rings (SSSR count).